The van der Waals surface area contributed by atoms with Gasteiger partial charge in [0.25, 0.3) is 0 Å². The molecule has 0 saturated heterocycles. The van der Waals surface area contributed by atoms with Gasteiger partial charge in [-0.15, -0.1) is 6.58 Å². The number of carbonyl (C=O) groups excluding carboxylic acids is 3. The van der Waals surface area contributed by atoms with E-state index in [1.165, 1.54) is 0 Å². The fourth-order valence-corrected chi connectivity index (χ4v) is 0.744. The summed E-state index contributed by atoms with van der Waals surface area (Å²) in [6.07, 6.45) is 3.83. The second-order valence-corrected chi connectivity index (χ2v) is 2.71. The molecule has 88 valence electrons. The molecule has 0 heterocycles. The standard InChI is InChI=1S/C11H14O5/c1-3-5-6-10(13)16-11(14)8-7-9(12)15-4-2/h3,7-8H,1,4-6H2,2H3/b8-7-. The lowest BCUT2D eigenvalue weighted by atomic mass is 10.3. The van der Waals surface area contributed by atoms with Gasteiger partial charge in [-0.1, -0.05) is 6.08 Å². The molecule has 0 aromatic heterocycles. The molecule has 0 fully saturated rings. The molecule has 0 bridgehead atoms. The van der Waals surface area contributed by atoms with Crippen molar-refractivity contribution < 1.29 is 23.9 Å². The maximum absolute atomic E-state index is 11.0. The number of rotatable bonds is 6. The van der Waals surface area contributed by atoms with Gasteiger partial charge in [-0.3, -0.25) is 4.79 Å². The zero-order valence-corrected chi connectivity index (χ0v) is 9.10. The van der Waals surface area contributed by atoms with Crippen molar-refractivity contribution in [1.29, 1.82) is 0 Å². The second-order valence-electron chi connectivity index (χ2n) is 2.71. The van der Waals surface area contributed by atoms with Crippen molar-refractivity contribution in [2.45, 2.75) is 19.8 Å². The Hall–Kier alpha value is -1.91. The fraction of sp³-hybridized carbons (Fsp3) is 0.364. The van der Waals surface area contributed by atoms with Gasteiger partial charge < -0.3 is 9.47 Å². The minimum atomic E-state index is -0.887. The Kier molecular flexibility index (Phi) is 7.40. The van der Waals surface area contributed by atoms with Crippen LogP contribution in [-0.2, 0) is 23.9 Å². The molecule has 16 heavy (non-hydrogen) atoms. The predicted molar refractivity (Wildman–Crippen MR) is 56.3 cm³/mol. The van der Waals surface area contributed by atoms with Gasteiger partial charge in [0, 0.05) is 18.6 Å². The maximum atomic E-state index is 11.0. The molecule has 0 aliphatic heterocycles. The number of esters is 3. The predicted octanol–water partition coefficient (Wildman–Crippen LogP) is 1.14. The van der Waals surface area contributed by atoms with Crippen LogP contribution in [0.1, 0.15) is 19.8 Å². The summed E-state index contributed by atoms with van der Waals surface area (Å²) >= 11 is 0. The van der Waals surface area contributed by atoms with E-state index in [4.69, 9.17) is 0 Å². The highest BCUT2D eigenvalue weighted by Crippen LogP contribution is 1.94. The zero-order chi connectivity index (χ0) is 12.4. The number of hydrogen-bond acceptors (Lipinski definition) is 5. The first-order valence-corrected chi connectivity index (χ1v) is 4.80. The molecule has 0 radical (unpaired) electrons. The summed E-state index contributed by atoms with van der Waals surface area (Å²) < 4.78 is 8.89. The summed E-state index contributed by atoms with van der Waals surface area (Å²) in [5.74, 6) is -2.20. The average molecular weight is 226 g/mol. The van der Waals surface area contributed by atoms with E-state index in [1.54, 1.807) is 13.0 Å². The summed E-state index contributed by atoms with van der Waals surface area (Å²) in [6.45, 7) is 5.28. The third-order valence-corrected chi connectivity index (χ3v) is 1.41. The summed E-state index contributed by atoms with van der Waals surface area (Å²) in [4.78, 5) is 32.7. The molecule has 0 saturated carbocycles. The summed E-state index contributed by atoms with van der Waals surface area (Å²) in [6, 6.07) is 0. The molecule has 5 heteroatoms. The van der Waals surface area contributed by atoms with Gasteiger partial charge in [0.15, 0.2) is 0 Å². The van der Waals surface area contributed by atoms with Crippen LogP contribution in [0.2, 0.25) is 0 Å². The van der Waals surface area contributed by atoms with Gasteiger partial charge in [0.05, 0.1) is 6.61 Å². The lowest BCUT2D eigenvalue weighted by Crippen LogP contribution is -2.10. The van der Waals surface area contributed by atoms with Gasteiger partial charge in [0.2, 0.25) is 0 Å². The second kappa shape index (κ2) is 8.40. The van der Waals surface area contributed by atoms with E-state index in [0.717, 1.165) is 12.2 Å². The van der Waals surface area contributed by atoms with Crippen LogP contribution in [0.3, 0.4) is 0 Å². The summed E-state index contributed by atoms with van der Waals surface area (Å²) in [5.41, 5.74) is 0. The van der Waals surface area contributed by atoms with E-state index >= 15 is 0 Å². The molecule has 0 aliphatic rings. The van der Waals surface area contributed by atoms with Crippen LogP contribution in [0, 0.1) is 0 Å². The molecule has 0 aromatic rings. The van der Waals surface area contributed by atoms with Crippen molar-refractivity contribution >= 4 is 17.9 Å². The SMILES string of the molecule is C=CCCC(=O)OC(=O)/C=C\C(=O)OCC. The molecule has 0 N–H and O–H groups in total. The first-order valence-electron chi connectivity index (χ1n) is 4.80. The van der Waals surface area contributed by atoms with Gasteiger partial charge in [-0.2, -0.15) is 0 Å². The van der Waals surface area contributed by atoms with Gasteiger partial charge in [-0.25, -0.2) is 9.59 Å². The topological polar surface area (TPSA) is 69.7 Å². The summed E-state index contributed by atoms with van der Waals surface area (Å²) in [7, 11) is 0. The van der Waals surface area contributed by atoms with Crippen LogP contribution < -0.4 is 0 Å². The number of allylic oxidation sites excluding steroid dienone is 1. The van der Waals surface area contributed by atoms with E-state index in [0.29, 0.717) is 6.42 Å². The third kappa shape index (κ3) is 7.49. The van der Waals surface area contributed by atoms with Gasteiger partial charge in [0.1, 0.15) is 0 Å². The van der Waals surface area contributed by atoms with Gasteiger partial charge in [-0.05, 0) is 13.3 Å². The largest absolute Gasteiger partial charge is 0.463 e. The van der Waals surface area contributed by atoms with Crippen LogP contribution in [0.15, 0.2) is 24.8 Å². The Labute approximate surface area is 93.7 Å². The van der Waals surface area contributed by atoms with Crippen molar-refractivity contribution in [2.24, 2.45) is 0 Å². The van der Waals surface area contributed by atoms with E-state index < -0.39 is 17.9 Å². The molecule has 0 aromatic carbocycles. The van der Waals surface area contributed by atoms with Crippen LogP contribution in [0.5, 0.6) is 0 Å². The van der Waals surface area contributed by atoms with E-state index in [9.17, 15) is 14.4 Å². The smallest absolute Gasteiger partial charge is 0.338 e. The van der Waals surface area contributed by atoms with Crippen LogP contribution in [0.25, 0.3) is 0 Å². The highest BCUT2D eigenvalue weighted by Gasteiger charge is 2.06. The average Bonchev–Trinajstić information content (AvgIpc) is 2.24. The number of ether oxygens (including phenoxy) is 2. The van der Waals surface area contributed by atoms with Crippen molar-refractivity contribution in [3.05, 3.63) is 24.8 Å². The maximum Gasteiger partial charge on any atom is 0.338 e. The first kappa shape index (κ1) is 14.1. The highest BCUT2D eigenvalue weighted by atomic mass is 16.6. The monoisotopic (exact) mass is 226 g/mol. The van der Waals surface area contributed by atoms with Crippen LogP contribution >= 0.6 is 0 Å². The van der Waals surface area contributed by atoms with E-state index in [-0.39, 0.29) is 13.0 Å². The Morgan fingerprint density at radius 3 is 2.38 bits per heavy atom. The minimum Gasteiger partial charge on any atom is -0.463 e. The molecule has 0 atom stereocenters. The van der Waals surface area contributed by atoms with Crippen molar-refractivity contribution in [3.63, 3.8) is 0 Å². The van der Waals surface area contributed by atoms with Crippen LogP contribution in [-0.4, -0.2) is 24.5 Å². The number of carbonyl (C=O) groups is 3. The Morgan fingerprint density at radius 1 is 1.19 bits per heavy atom. The lowest BCUT2D eigenvalue weighted by molar-refractivity contribution is -0.156. The zero-order valence-electron chi connectivity index (χ0n) is 9.10. The molecule has 5 nitrogen and oxygen atoms in total. The molecule has 0 rings (SSSR count). The Bertz CT molecular complexity index is 303. The number of hydrogen-bond donors (Lipinski definition) is 0. The highest BCUT2D eigenvalue weighted by molar-refractivity contribution is 5.96. The van der Waals surface area contributed by atoms with E-state index in [2.05, 4.69) is 16.1 Å². The molecular formula is C11H14O5. The normalized spacial score (nSPS) is 9.81. The van der Waals surface area contributed by atoms with Crippen molar-refractivity contribution in [1.82, 2.24) is 0 Å². The lowest BCUT2D eigenvalue weighted by Gasteiger charge is -1.97. The molecular weight excluding hydrogens is 212 g/mol. The fourth-order valence-electron chi connectivity index (χ4n) is 0.744. The van der Waals surface area contributed by atoms with Crippen molar-refractivity contribution in [3.8, 4) is 0 Å². The van der Waals surface area contributed by atoms with Crippen LogP contribution in [0.4, 0.5) is 0 Å². The Morgan fingerprint density at radius 2 is 1.81 bits per heavy atom. The quantitative estimate of drug-likeness (QED) is 0.294. The minimum absolute atomic E-state index is 0.0858. The molecule has 0 unspecified atom stereocenters. The van der Waals surface area contributed by atoms with Crippen molar-refractivity contribution in [2.75, 3.05) is 6.61 Å². The first-order chi connectivity index (χ1) is 7.60. The Balaban J connectivity index is 3.93. The van der Waals surface area contributed by atoms with E-state index in [1.807, 2.05) is 0 Å². The third-order valence-electron chi connectivity index (χ3n) is 1.41. The van der Waals surface area contributed by atoms with Gasteiger partial charge >= 0.3 is 17.9 Å². The molecule has 0 aliphatic carbocycles. The molecule has 0 amide bonds. The molecule has 0 spiro atoms. The summed E-state index contributed by atoms with van der Waals surface area (Å²) in [5, 5.41) is 0.